The average Bonchev–Trinajstić information content (AvgIpc) is 3.42. The number of nitrogens with zero attached hydrogens (tertiary/aromatic N) is 3. The van der Waals surface area contributed by atoms with Crippen LogP contribution in [-0.2, 0) is 4.79 Å². The summed E-state index contributed by atoms with van der Waals surface area (Å²) in [5.74, 6) is 0.397. The molecular formula is C19H21N3O3. The summed E-state index contributed by atoms with van der Waals surface area (Å²) in [5.41, 5.74) is 1.32. The first-order valence-electron chi connectivity index (χ1n) is 9.14. The van der Waals surface area contributed by atoms with E-state index < -0.39 is 11.9 Å². The summed E-state index contributed by atoms with van der Waals surface area (Å²) in [6.45, 7) is 0.665. The number of amides is 1. The fraction of sp³-hybridized carbons (Fsp3) is 0.526. The van der Waals surface area contributed by atoms with Gasteiger partial charge in [0.15, 0.2) is 5.69 Å². The summed E-state index contributed by atoms with van der Waals surface area (Å²) in [4.78, 5) is 31.4. The number of rotatable bonds is 3. The Morgan fingerprint density at radius 1 is 1.16 bits per heavy atom. The van der Waals surface area contributed by atoms with Gasteiger partial charge in [0.25, 0.3) is 5.91 Å². The molecular weight excluding hydrogens is 318 g/mol. The summed E-state index contributed by atoms with van der Waals surface area (Å²) in [6, 6.07) is 5.62. The molecule has 2 saturated heterocycles. The second kappa shape index (κ2) is 5.31. The second-order valence-corrected chi connectivity index (χ2v) is 7.70. The van der Waals surface area contributed by atoms with Crippen LogP contribution in [0.25, 0.3) is 5.52 Å². The minimum absolute atomic E-state index is 0.101. The Balaban J connectivity index is 1.54. The molecule has 6 rings (SSSR count). The van der Waals surface area contributed by atoms with Crippen molar-refractivity contribution in [2.24, 2.45) is 11.8 Å². The first kappa shape index (κ1) is 14.9. The number of pyridine rings is 1. The van der Waals surface area contributed by atoms with E-state index in [1.54, 1.807) is 4.90 Å². The zero-order valence-electron chi connectivity index (χ0n) is 14.0. The predicted molar refractivity (Wildman–Crippen MR) is 90.5 cm³/mol. The van der Waals surface area contributed by atoms with E-state index in [-0.39, 0.29) is 11.9 Å². The standard InChI is InChI=1S/C19H21N3O3/c23-18(22-10-11-4-7-14(22)13(9-11)19(24)25)16-15-3-1-2-8-21(15)17(20-16)12-5-6-12/h1-3,8,11-14H,4-7,9-10H2,(H,24,25)/t11-,13-,14+/m1/s1. The lowest BCUT2D eigenvalue weighted by atomic mass is 9.72. The number of carboxylic acids is 1. The molecule has 0 aromatic carbocycles. The van der Waals surface area contributed by atoms with Crippen LogP contribution >= 0.6 is 0 Å². The Kier molecular flexibility index (Phi) is 3.17. The van der Waals surface area contributed by atoms with E-state index in [1.165, 1.54) is 0 Å². The molecule has 2 bridgehead atoms. The number of aromatic nitrogens is 2. The molecule has 6 nitrogen and oxygen atoms in total. The van der Waals surface area contributed by atoms with Crippen LogP contribution in [0.15, 0.2) is 24.4 Å². The van der Waals surface area contributed by atoms with Gasteiger partial charge in [0.1, 0.15) is 5.82 Å². The number of hydrogen-bond acceptors (Lipinski definition) is 3. The molecule has 0 radical (unpaired) electrons. The van der Waals surface area contributed by atoms with Crippen LogP contribution < -0.4 is 0 Å². The van der Waals surface area contributed by atoms with Crippen molar-refractivity contribution in [2.75, 3.05) is 6.54 Å². The molecule has 4 aliphatic rings. The van der Waals surface area contributed by atoms with Crippen molar-refractivity contribution < 1.29 is 14.7 Å². The minimum atomic E-state index is -0.777. The van der Waals surface area contributed by atoms with Crippen molar-refractivity contribution in [3.63, 3.8) is 0 Å². The fourth-order valence-electron chi connectivity index (χ4n) is 4.68. The summed E-state index contributed by atoms with van der Waals surface area (Å²) in [7, 11) is 0. The van der Waals surface area contributed by atoms with E-state index in [9.17, 15) is 14.7 Å². The first-order chi connectivity index (χ1) is 12.1. The van der Waals surface area contributed by atoms with E-state index in [1.807, 2.05) is 28.8 Å². The lowest BCUT2D eigenvalue weighted by Crippen LogP contribution is -2.57. The lowest BCUT2D eigenvalue weighted by molar-refractivity contribution is -0.148. The van der Waals surface area contributed by atoms with Crippen molar-refractivity contribution >= 4 is 17.4 Å². The Morgan fingerprint density at radius 3 is 2.72 bits per heavy atom. The van der Waals surface area contributed by atoms with E-state index in [0.29, 0.717) is 30.5 Å². The summed E-state index contributed by atoms with van der Waals surface area (Å²) in [6.07, 6.45) is 6.72. The summed E-state index contributed by atoms with van der Waals surface area (Å²) < 4.78 is 2.03. The largest absolute Gasteiger partial charge is 0.481 e. The molecule has 4 heterocycles. The highest BCUT2D eigenvalue weighted by Gasteiger charge is 2.46. The van der Waals surface area contributed by atoms with Gasteiger partial charge in [-0.15, -0.1) is 0 Å². The maximum Gasteiger partial charge on any atom is 0.308 e. The van der Waals surface area contributed by atoms with Crippen LogP contribution in [0.4, 0.5) is 0 Å². The van der Waals surface area contributed by atoms with Crippen molar-refractivity contribution in [3.8, 4) is 0 Å². The predicted octanol–water partition coefficient (Wildman–Crippen LogP) is 2.54. The smallest absolute Gasteiger partial charge is 0.308 e. The van der Waals surface area contributed by atoms with Crippen LogP contribution in [0.5, 0.6) is 0 Å². The number of hydrogen-bond donors (Lipinski definition) is 1. The number of piperidine rings is 2. The van der Waals surface area contributed by atoms with Crippen LogP contribution in [0, 0.1) is 11.8 Å². The van der Waals surface area contributed by atoms with E-state index >= 15 is 0 Å². The van der Waals surface area contributed by atoms with Gasteiger partial charge in [-0.05, 0) is 50.2 Å². The van der Waals surface area contributed by atoms with Crippen LogP contribution in [-0.4, -0.2) is 43.9 Å². The van der Waals surface area contributed by atoms with Crippen molar-refractivity contribution in [1.29, 1.82) is 0 Å². The zero-order valence-corrected chi connectivity index (χ0v) is 14.0. The maximum atomic E-state index is 13.3. The zero-order chi connectivity index (χ0) is 17.1. The van der Waals surface area contributed by atoms with E-state index in [2.05, 4.69) is 0 Å². The Hall–Kier alpha value is -2.37. The quantitative estimate of drug-likeness (QED) is 0.932. The third-order valence-electron chi connectivity index (χ3n) is 6.08. The molecule has 2 aromatic rings. The van der Waals surface area contributed by atoms with Crippen LogP contribution in [0.1, 0.15) is 54.3 Å². The highest BCUT2D eigenvalue weighted by atomic mass is 16.4. The molecule has 130 valence electrons. The third-order valence-corrected chi connectivity index (χ3v) is 6.08. The monoisotopic (exact) mass is 339 g/mol. The SMILES string of the molecule is O=C(O)[C@@H]1C[C@H]2CC[C@@H]1N(C(=O)c1nc(C3CC3)n3ccccc13)C2. The van der Waals surface area contributed by atoms with Crippen LogP contribution in [0.2, 0.25) is 0 Å². The van der Waals surface area contributed by atoms with Crippen molar-refractivity contribution in [3.05, 3.63) is 35.9 Å². The molecule has 4 fully saturated rings. The molecule has 25 heavy (non-hydrogen) atoms. The molecule has 2 aromatic heterocycles. The van der Waals surface area contributed by atoms with Gasteiger partial charge in [0, 0.05) is 24.7 Å². The Bertz CT molecular complexity index is 870. The summed E-state index contributed by atoms with van der Waals surface area (Å²) in [5, 5.41) is 9.53. The number of carbonyl (C=O) groups is 2. The number of fused-ring (bicyclic) bond motifs is 4. The van der Waals surface area contributed by atoms with Gasteiger partial charge in [-0.3, -0.25) is 9.59 Å². The highest BCUT2D eigenvalue weighted by molar-refractivity contribution is 5.99. The average molecular weight is 339 g/mol. The van der Waals surface area contributed by atoms with Gasteiger partial charge in [0.2, 0.25) is 0 Å². The van der Waals surface area contributed by atoms with Gasteiger partial charge < -0.3 is 14.4 Å². The number of imidazole rings is 1. The molecule has 6 heteroatoms. The molecule has 3 atom stereocenters. The molecule has 2 aliphatic heterocycles. The van der Waals surface area contributed by atoms with Gasteiger partial charge >= 0.3 is 5.97 Å². The molecule has 0 unspecified atom stereocenters. The molecule has 0 spiro atoms. The normalized spacial score (nSPS) is 28.5. The maximum absolute atomic E-state index is 13.3. The summed E-state index contributed by atoms with van der Waals surface area (Å²) >= 11 is 0. The molecule has 1 amide bonds. The number of carboxylic acid groups (broad SMARTS) is 1. The van der Waals surface area contributed by atoms with E-state index in [0.717, 1.165) is 37.0 Å². The molecule has 2 saturated carbocycles. The minimum Gasteiger partial charge on any atom is -0.481 e. The van der Waals surface area contributed by atoms with Gasteiger partial charge in [-0.25, -0.2) is 4.98 Å². The van der Waals surface area contributed by atoms with Crippen molar-refractivity contribution in [2.45, 2.75) is 44.1 Å². The van der Waals surface area contributed by atoms with Crippen LogP contribution in [0.3, 0.4) is 0 Å². The van der Waals surface area contributed by atoms with Crippen molar-refractivity contribution in [1.82, 2.24) is 14.3 Å². The topological polar surface area (TPSA) is 74.9 Å². The molecule has 1 N–H and O–H groups in total. The third kappa shape index (κ3) is 2.27. The molecule has 2 aliphatic carbocycles. The van der Waals surface area contributed by atoms with E-state index in [4.69, 9.17) is 4.98 Å². The van der Waals surface area contributed by atoms with Gasteiger partial charge in [-0.1, -0.05) is 6.07 Å². The first-order valence-corrected chi connectivity index (χ1v) is 9.14. The van der Waals surface area contributed by atoms with Gasteiger partial charge in [-0.2, -0.15) is 0 Å². The fourth-order valence-corrected chi connectivity index (χ4v) is 4.68. The number of aliphatic carboxylic acids is 1. The Morgan fingerprint density at radius 2 is 2.00 bits per heavy atom. The lowest BCUT2D eigenvalue weighted by Gasteiger charge is -2.48. The second-order valence-electron chi connectivity index (χ2n) is 7.70. The highest BCUT2D eigenvalue weighted by Crippen LogP contribution is 2.42. The Labute approximate surface area is 145 Å². The number of carbonyl (C=O) groups excluding carboxylic acids is 1. The van der Waals surface area contributed by atoms with Gasteiger partial charge in [0.05, 0.1) is 11.4 Å².